The van der Waals surface area contributed by atoms with Crippen molar-refractivity contribution in [2.75, 3.05) is 26.9 Å². The molecule has 0 saturated carbocycles. The fourth-order valence-corrected chi connectivity index (χ4v) is 1.72. The molecular formula is C11H20NO7P. The number of ether oxygens (including phenoxy) is 3. The third-order valence-corrected chi connectivity index (χ3v) is 2.84. The SMILES string of the molecule is C=C(C)C(=O)OCCOC(=O)N[PH](=O)OC(C)COC. The normalized spacial score (nSPS) is 13.2. The monoisotopic (exact) mass is 309 g/mol. The van der Waals surface area contributed by atoms with Gasteiger partial charge in [0.15, 0.2) is 0 Å². The molecule has 0 spiro atoms. The number of rotatable bonds is 9. The number of hydrogen-bond acceptors (Lipinski definition) is 7. The lowest BCUT2D eigenvalue weighted by atomic mass is 10.4. The summed E-state index contributed by atoms with van der Waals surface area (Å²) < 4.78 is 30.4. The van der Waals surface area contributed by atoms with E-state index >= 15 is 0 Å². The minimum absolute atomic E-state index is 0.110. The van der Waals surface area contributed by atoms with Gasteiger partial charge in [-0.15, -0.1) is 0 Å². The molecule has 9 heteroatoms. The molecule has 20 heavy (non-hydrogen) atoms. The highest BCUT2D eigenvalue weighted by Crippen LogP contribution is 2.19. The Morgan fingerprint density at radius 2 is 1.90 bits per heavy atom. The van der Waals surface area contributed by atoms with Crippen LogP contribution in [0.3, 0.4) is 0 Å². The lowest BCUT2D eigenvalue weighted by Gasteiger charge is -2.12. The van der Waals surface area contributed by atoms with E-state index in [1.54, 1.807) is 6.92 Å². The Morgan fingerprint density at radius 1 is 1.30 bits per heavy atom. The Kier molecular flexibility index (Phi) is 9.71. The predicted molar refractivity (Wildman–Crippen MR) is 71.7 cm³/mol. The fourth-order valence-electron chi connectivity index (χ4n) is 0.992. The van der Waals surface area contributed by atoms with Gasteiger partial charge in [0.2, 0.25) is 0 Å². The average Bonchev–Trinajstić information content (AvgIpc) is 2.33. The zero-order valence-corrected chi connectivity index (χ0v) is 12.8. The molecular weight excluding hydrogens is 289 g/mol. The van der Waals surface area contributed by atoms with E-state index in [-0.39, 0.29) is 25.4 Å². The highest BCUT2D eigenvalue weighted by Gasteiger charge is 2.11. The van der Waals surface area contributed by atoms with E-state index in [4.69, 9.17) is 14.0 Å². The van der Waals surface area contributed by atoms with Crippen LogP contribution in [0.15, 0.2) is 12.2 Å². The van der Waals surface area contributed by atoms with Gasteiger partial charge in [0.05, 0.1) is 12.7 Å². The van der Waals surface area contributed by atoms with Crippen LogP contribution in [0.4, 0.5) is 4.79 Å². The second-order valence-electron chi connectivity index (χ2n) is 3.85. The van der Waals surface area contributed by atoms with Gasteiger partial charge in [0.1, 0.15) is 13.2 Å². The molecule has 2 unspecified atom stereocenters. The van der Waals surface area contributed by atoms with Crippen molar-refractivity contribution in [3.63, 3.8) is 0 Å². The molecule has 0 radical (unpaired) electrons. The molecule has 0 aliphatic carbocycles. The molecule has 1 N–H and O–H groups in total. The van der Waals surface area contributed by atoms with Crippen molar-refractivity contribution in [2.45, 2.75) is 20.0 Å². The molecule has 0 heterocycles. The van der Waals surface area contributed by atoms with Gasteiger partial charge in [-0.2, -0.15) is 0 Å². The second-order valence-corrected chi connectivity index (χ2v) is 4.91. The van der Waals surface area contributed by atoms with E-state index in [0.29, 0.717) is 0 Å². The smallest absolute Gasteiger partial charge is 0.414 e. The van der Waals surface area contributed by atoms with E-state index in [1.165, 1.54) is 14.0 Å². The summed E-state index contributed by atoms with van der Waals surface area (Å²) in [5, 5.41) is 2.03. The van der Waals surface area contributed by atoms with Gasteiger partial charge in [0, 0.05) is 12.7 Å². The van der Waals surface area contributed by atoms with Crippen LogP contribution in [0.1, 0.15) is 13.8 Å². The van der Waals surface area contributed by atoms with Gasteiger partial charge in [-0.05, 0) is 13.8 Å². The summed E-state index contributed by atoms with van der Waals surface area (Å²) in [7, 11) is -1.27. The minimum Gasteiger partial charge on any atom is -0.459 e. The number of carbonyl (C=O) groups is 2. The maximum atomic E-state index is 11.4. The van der Waals surface area contributed by atoms with E-state index in [0.717, 1.165) is 0 Å². The number of amides is 1. The van der Waals surface area contributed by atoms with Crippen LogP contribution >= 0.6 is 8.18 Å². The quantitative estimate of drug-likeness (QED) is 0.296. The highest BCUT2D eigenvalue weighted by molar-refractivity contribution is 7.37. The first-order valence-electron chi connectivity index (χ1n) is 5.82. The molecule has 0 rings (SSSR count). The highest BCUT2D eigenvalue weighted by atomic mass is 31.1. The summed E-state index contributed by atoms with van der Waals surface area (Å²) in [4.78, 5) is 22.2. The lowest BCUT2D eigenvalue weighted by molar-refractivity contribution is -0.139. The van der Waals surface area contributed by atoms with Gasteiger partial charge in [-0.3, -0.25) is 9.65 Å². The summed E-state index contributed by atoms with van der Waals surface area (Å²) in [6.45, 7) is 6.53. The number of carbonyl (C=O) groups excluding carboxylic acids is 2. The Balaban J connectivity index is 3.75. The molecule has 8 nitrogen and oxygen atoms in total. The summed E-state index contributed by atoms with van der Waals surface area (Å²) >= 11 is 0. The van der Waals surface area contributed by atoms with Crippen LogP contribution in [-0.2, 0) is 28.1 Å². The van der Waals surface area contributed by atoms with Gasteiger partial charge in [0.25, 0.3) is 8.18 Å². The van der Waals surface area contributed by atoms with Crippen molar-refractivity contribution in [3.05, 3.63) is 12.2 Å². The van der Waals surface area contributed by atoms with E-state index in [9.17, 15) is 14.2 Å². The molecule has 0 aromatic rings. The summed E-state index contributed by atoms with van der Waals surface area (Å²) in [5.74, 6) is -0.570. The predicted octanol–water partition coefficient (Wildman–Crippen LogP) is 1.27. The van der Waals surface area contributed by atoms with Crippen LogP contribution in [0, 0.1) is 0 Å². The minimum atomic E-state index is -2.75. The number of methoxy groups -OCH3 is 1. The second kappa shape index (κ2) is 10.4. The van der Waals surface area contributed by atoms with Gasteiger partial charge in [-0.1, -0.05) is 6.58 Å². The van der Waals surface area contributed by atoms with E-state index in [1.807, 2.05) is 5.09 Å². The van der Waals surface area contributed by atoms with E-state index in [2.05, 4.69) is 11.3 Å². The van der Waals surface area contributed by atoms with Crippen molar-refractivity contribution in [1.82, 2.24) is 5.09 Å². The molecule has 0 saturated heterocycles. The van der Waals surface area contributed by atoms with Crippen LogP contribution in [0.2, 0.25) is 0 Å². The van der Waals surface area contributed by atoms with Gasteiger partial charge < -0.3 is 18.7 Å². The van der Waals surface area contributed by atoms with Crippen molar-refractivity contribution in [1.29, 1.82) is 0 Å². The van der Waals surface area contributed by atoms with Crippen molar-refractivity contribution >= 4 is 20.2 Å². The molecule has 116 valence electrons. The Hall–Kier alpha value is -1.37. The van der Waals surface area contributed by atoms with E-state index < -0.39 is 26.3 Å². The Bertz CT molecular complexity index is 372. The first-order valence-corrected chi connectivity index (χ1v) is 7.14. The van der Waals surface area contributed by atoms with Crippen LogP contribution in [-0.4, -0.2) is 45.1 Å². The molecule has 0 aromatic heterocycles. The third kappa shape index (κ3) is 9.55. The molecule has 0 aromatic carbocycles. The van der Waals surface area contributed by atoms with Crippen LogP contribution in [0.5, 0.6) is 0 Å². The summed E-state index contributed by atoms with van der Waals surface area (Å²) in [5.41, 5.74) is 0.250. The van der Waals surface area contributed by atoms with Crippen LogP contribution in [0.25, 0.3) is 0 Å². The van der Waals surface area contributed by atoms with Crippen LogP contribution < -0.4 is 5.09 Å². The molecule has 0 fully saturated rings. The zero-order valence-electron chi connectivity index (χ0n) is 11.8. The molecule has 0 aliphatic rings. The average molecular weight is 309 g/mol. The Labute approximate surface area is 118 Å². The third-order valence-electron chi connectivity index (χ3n) is 1.81. The van der Waals surface area contributed by atoms with Crippen molar-refractivity contribution in [3.8, 4) is 0 Å². The maximum Gasteiger partial charge on any atom is 0.414 e. The maximum absolute atomic E-state index is 11.4. The number of nitrogens with one attached hydrogen (secondary N) is 1. The van der Waals surface area contributed by atoms with Crippen molar-refractivity contribution in [2.24, 2.45) is 0 Å². The molecule has 0 bridgehead atoms. The lowest BCUT2D eigenvalue weighted by Crippen LogP contribution is -2.22. The van der Waals surface area contributed by atoms with Gasteiger partial charge >= 0.3 is 12.1 Å². The van der Waals surface area contributed by atoms with Gasteiger partial charge in [-0.25, -0.2) is 9.59 Å². The molecule has 0 aliphatic heterocycles. The number of esters is 1. The standard InChI is InChI=1S/C11H20NO7P/c1-8(2)10(13)17-5-6-18-11(14)12-20(15)19-9(3)7-16-4/h9,20H,1,5-7H2,2-4H3,(H,12,14,15). The topological polar surface area (TPSA) is 100 Å². The number of hydrogen-bond donors (Lipinski definition) is 1. The first-order chi connectivity index (χ1) is 9.36. The summed E-state index contributed by atoms with van der Waals surface area (Å²) in [6.07, 6.45) is -1.33. The first kappa shape index (κ1) is 18.6. The zero-order chi connectivity index (χ0) is 15.5. The fraction of sp³-hybridized carbons (Fsp3) is 0.636. The Morgan fingerprint density at radius 3 is 2.45 bits per heavy atom. The largest absolute Gasteiger partial charge is 0.459 e. The summed E-state index contributed by atoms with van der Waals surface area (Å²) in [6, 6.07) is 0. The molecule has 1 amide bonds. The van der Waals surface area contributed by atoms with Crippen molar-refractivity contribution < 1.29 is 32.9 Å². The molecule has 2 atom stereocenters.